The molecular weight excluding hydrogens is 334 g/mol. The quantitative estimate of drug-likeness (QED) is 0.258. The maximum absolute atomic E-state index is 12.3. The summed E-state index contributed by atoms with van der Waals surface area (Å²) < 4.78 is 4.98. The van der Waals surface area contributed by atoms with Crippen molar-refractivity contribution in [3.05, 3.63) is 80.4 Å². The number of ketones is 1. The number of benzene rings is 2. The predicted octanol–water partition coefficient (Wildman–Crippen LogP) is 3.96. The molecule has 6 nitrogen and oxygen atoms in total. The molecule has 0 bridgehead atoms. The van der Waals surface area contributed by atoms with Crippen molar-refractivity contribution in [2.24, 2.45) is 0 Å². The Morgan fingerprint density at radius 2 is 1.73 bits per heavy atom. The number of hydrogen-bond donors (Lipinski definition) is 0. The van der Waals surface area contributed by atoms with Crippen LogP contribution in [0, 0.1) is 30.9 Å². The highest BCUT2D eigenvalue weighted by Crippen LogP contribution is 2.19. The summed E-state index contributed by atoms with van der Waals surface area (Å²) in [5, 5.41) is 10.9. The molecule has 0 saturated carbocycles. The van der Waals surface area contributed by atoms with E-state index in [1.54, 1.807) is 12.1 Å². The zero-order valence-electron chi connectivity index (χ0n) is 14.8. The normalized spacial score (nSPS) is 10.7. The van der Waals surface area contributed by atoms with Crippen LogP contribution in [0.3, 0.4) is 0 Å². The van der Waals surface area contributed by atoms with Crippen molar-refractivity contribution in [1.82, 2.24) is 0 Å². The van der Waals surface area contributed by atoms with Crippen LogP contribution in [-0.2, 0) is 9.53 Å². The van der Waals surface area contributed by atoms with Crippen LogP contribution in [0.2, 0.25) is 0 Å². The van der Waals surface area contributed by atoms with Gasteiger partial charge in [-0.1, -0.05) is 29.8 Å². The Morgan fingerprint density at radius 1 is 1.12 bits per heavy atom. The largest absolute Gasteiger partial charge is 0.454 e. The van der Waals surface area contributed by atoms with Crippen LogP contribution in [0.5, 0.6) is 0 Å². The molecule has 134 valence electrons. The summed E-state index contributed by atoms with van der Waals surface area (Å²) in [7, 11) is 0. The van der Waals surface area contributed by atoms with Gasteiger partial charge in [-0.3, -0.25) is 14.9 Å². The molecule has 0 heterocycles. The van der Waals surface area contributed by atoms with Gasteiger partial charge < -0.3 is 4.74 Å². The number of hydrogen-bond acceptors (Lipinski definition) is 5. The molecule has 2 aromatic carbocycles. The zero-order valence-corrected chi connectivity index (χ0v) is 14.8. The van der Waals surface area contributed by atoms with Crippen molar-refractivity contribution in [3.8, 4) is 0 Å². The van der Waals surface area contributed by atoms with E-state index in [4.69, 9.17) is 4.74 Å². The topological polar surface area (TPSA) is 86.5 Å². The lowest BCUT2D eigenvalue weighted by molar-refractivity contribution is -0.385. The average Bonchev–Trinajstić information content (AvgIpc) is 2.57. The molecule has 0 aliphatic heterocycles. The van der Waals surface area contributed by atoms with E-state index < -0.39 is 10.9 Å². The minimum Gasteiger partial charge on any atom is -0.454 e. The number of nitro groups is 1. The van der Waals surface area contributed by atoms with Crippen LogP contribution in [0.1, 0.15) is 32.6 Å². The molecule has 6 heteroatoms. The smallest absolute Gasteiger partial charge is 0.331 e. The van der Waals surface area contributed by atoms with Crippen LogP contribution in [0.4, 0.5) is 5.69 Å². The second-order valence-corrected chi connectivity index (χ2v) is 5.95. The molecule has 0 atom stereocenters. The maximum atomic E-state index is 12.3. The number of Topliss-reactive ketones (excluding diaryl/α,β-unsaturated/α-hetero) is 1. The number of para-hydroxylation sites is 1. The Kier molecular flexibility index (Phi) is 6.01. The van der Waals surface area contributed by atoms with Crippen molar-refractivity contribution < 1.29 is 19.2 Å². The van der Waals surface area contributed by atoms with Gasteiger partial charge in [-0.25, -0.2) is 4.79 Å². The number of carbonyl (C=O) groups is 2. The summed E-state index contributed by atoms with van der Waals surface area (Å²) in [5.74, 6) is -1.02. The minimum absolute atomic E-state index is 0.112. The number of nitro benzene ring substituents is 1. The summed E-state index contributed by atoms with van der Waals surface area (Å²) in [6.45, 7) is 5.24. The van der Waals surface area contributed by atoms with Crippen molar-refractivity contribution in [1.29, 1.82) is 0 Å². The van der Waals surface area contributed by atoms with E-state index in [0.29, 0.717) is 5.56 Å². The first kappa shape index (κ1) is 19.1. The van der Waals surface area contributed by atoms with E-state index in [0.717, 1.165) is 22.8 Å². The third-order valence-corrected chi connectivity index (χ3v) is 3.83. The Balaban J connectivity index is 2.04. The fourth-order valence-corrected chi connectivity index (χ4v) is 2.83. The van der Waals surface area contributed by atoms with Gasteiger partial charge in [-0.2, -0.15) is 0 Å². The van der Waals surface area contributed by atoms with E-state index in [2.05, 4.69) is 0 Å². The summed E-state index contributed by atoms with van der Waals surface area (Å²) in [5.41, 5.74) is 3.44. The third kappa shape index (κ3) is 4.63. The molecule has 0 aromatic heterocycles. The molecule has 2 aromatic rings. The van der Waals surface area contributed by atoms with Crippen LogP contribution >= 0.6 is 0 Å². The first-order valence-corrected chi connectivity index (χ1v) is 7.99. The van der Waals surface area contributed by atoms with Crippen LogP contribution in [0.25, 0.3) is 6.08 Å². The van der Waals surface area contributed by atoms with Crippen molar-refractivity contribution >= 4 is 23.5 Å². The van der Waals surface area contributed by atoms with Crippen molar-refractivity contribution in [2.45, 2.75) is 20.8 Å². The minimum atomic E-state index is -0.737. The van der Waals surface area contributed by atoms with E-state index in [1.165, 1.54) is 18.2 Å². The first-order chi connectivity index (χ1) is 12.3. The average molecular weight is 353 g/mol. The zero-order chi connectivity index (χ0) is 19.3. The van der Waals surface area contributed by atoms with Gasteiger partial charge in [0.25, 0.3) is 5.69 Å². The Morgan fingerprint density at radius 3 is 2.35 bits per heavy atom. The lowest BCUT2D eigenvalue weighted by Crippen LogP contribution is -2.15. The van der Waals surface area contributed by atoms with E-state index >= 15 is 0 Å². The molecule has 0 N–H and O–H groups in total. The summed E-state index contributed by atoms with van der Waals surface area (Å²) in [6.07, 6.45) is 2.37. The monoisotopic (exact) mass is 353 g/mol. The molecule has 0 radical (unpaired) electrons. The maximum Gasteiger partial charge on any atom is 0.331 e. The van der Waals surface area contributed by atoms with Gasteiger partial charge in [0.05, 0.1) is 10.5 Å². The summed E-state index contributed by atoms with van der Waals surface area (Å²) in [6, 6.07) is 9.83. The Hall–Kier alpha value is -3.28. The highest BCUT2D eigenvalue weighted by Gasteiger charge is 2.15. The molecule has 26 heavy (non-hydrogen) atoms. The molecule has 0 unspecified atom stereocenters. The third-order valence-electron chi connectivity index (χ3n) is 3.83. The number of esters is 1. The lowest BCUT2D eigenvalue weighted by atomic mass is 9.97. The molecule has 0 aliphatic rings. The van der Waals surface area contributed by atoms with Crippen LogP contribution < -0.4 is 0 Å². The summed E-state index contributed by atoms with van der Waals surface area (Å²) in [4.78, 5) is 34.6. The van der Waals surface area contributed by atoms with Crippen LogP contribution in [0.15, 0.2) is 42.5 Å². The molecule has 2 rings (SSSR count). The van der Waals surface area contributed by atoms with E-state index in [1.807, 2.05) is 32.9 Å². The van der Waals surface area contributed by atoms with Gasteiger partial charge in [-0.15, -0.1) is 0 Å². The molecule has 0 aliphatic carbocycles. The number of aryl methyl sites for hydroxylation is 3. The second-order valence-electron chi connectivity index (χ2n) is 5.95. The molecular formula is C20H19NO5. The molecule has 0 saturated heterocycles. The first-order valence-electron chi connectivity index (χ1n) is 7.99. The number of ether oxygens (including phenoxy) is 1. The van der Waals surface area contributed by atoms with Crippen molar-refractivity contribution in [3.63, 3.8) is 0 Å². The van der Waals surface area contributed by atoms with Gasteiger partial charge in [-0.05, 0) is 44.0 Å². The fraction of sp³-hybridized carbons (Fsp3) is 0.200. The van der Waals surface area contributed by atoms with Gasteiger partial charge in [0.2, 0.25) is 5.78 Å². The van der Waals surface area contributed by atoms with Crippen molar-refractivity contribution in [2.75, 3.05) is 6.61 Å². The highest BCUT2D eigenvalue weighted by atomic mass is 16.6. The van der Waals surface area contributed by atoms with Gasteiger partial charge >= 0.3 is 5.97 Å². The number of carbonyl (C=O) groups excluding carboxylic acids is 2. The Labute approximate surface area is 151 Å². The molecule has 0 amide bonds. The number of nitrogens with zero attached hydrogens (tertiary/aromatic N) is 1. The SMILES string of the molecule is Cc1cc(C)c(C(=O)COC(=O)C=Cc2ccccc2[N+](=O)[O-])c(C)c1. The van der Waals surface area contributed by atoms with Gasteiger partial charge in [0.1, 0.15) is 0 Å². The van der Waals surface area contributed by atoms with Gasteiger partial charge in [0, 0.05) is 17.7 Å². The second kappa shape index (κ2) is 8.20. The predicted molar refractivity (Wildman–Crippen MR) is 98.1 cm³/mol. The van der Waals surface area contributed by atoms with Gasteiger partial charge in [0.15, 0.2) is 6.61 Å². The standard InChI is InChI=1S/C20H19NO5/c1-13-10-14(2)20(15(3)11-13)18(22)12-26-19(23)9-8-16-6-4-5-7-17(16)21(24)25/h4-11H,12H2,1-3H3. The highest BCUT2D eigenvalue weighted by molar-refractivity contribution is 6.01. The molecule has 0 fully saturated rings. The fourth-order valence-electron chi connectivity index (χ4n) is 2.83. The van der Waals surface area contributed by atoms with E-state index in [-0.39, 0.29) is 23.6 Å². The molecule has 0 spiro atoms. The Bertz CT molecular complexity index is 876. The number of rotatable bonds is 6. The van der Waals surface area contributed by atoms with Crippen LogP contribution in [-0.4, -0.2) is 23.3 Å². The van der Waals surface area contributed by atoms with E-state index in [9.17, 15) is 19.7 Å². The lowest BCUT2D eigenvalue weighted by Gasteiger charge is -2.10. The summed E-state index contributed by atoms with van der Waals surface area (Å²) >= 11 is 0.